The Kier molecular flexibility index (Phi) is 4.11. The molecule has 0 radical (unpaired) electrons. The van der Waals surface area contributed by atoms with Gasteiger partial charge in [-0.25, -0.2) is 4.98 Å². The second-order valence-corrected chi connectivity index (χ2v) is 3.58. The molecule has 0 aliphatic carbocycles. The highest BCUT2D eigenvalue weighted by Crippen LogP contribution is 2.09. The first-order valence-corrected chi connectivity index (χ1v) is 5.17. The van der Waals surface area contributed by atoms with Gasteiger partial charge >= 0.3 is 0 Å². The fourth-order valence-corrected chi connectivity index (χ4v) is 1.26. The van der Waals surface area contributed by atoms with E-state index in [1.165, 1.54) is 0 Å². The number of rotatable bonds is 4. The molecule has 3 nitrogen and oxygen atoms in total. The van der Waals surface area contributed by atoms with Gasteiger partial charge in [0.1, 0.15) is 5.82 Å². The van der Waals surface area contributed by atoms with Crippen LogP contribution in [0, 0.1) is 26.2 Å². The van der Waals surface area contributed by atoms with Crippen LogP contribution in [0.3, 0.4) is 0 Å². The lowest BCUT2D eigenvalue weighted by atomic mass is 10.1. The van der Waals surface area contributed by atoms with Gasteiger partial charge in [0.25, 0.3) is 0 Å². The summed E-state index contributed by atoms with van der Waals surface area (Å²) in [6, 6.07) is 0.284. The maximum atomic E-state index is 5.29. The van der Waals surface area contributed by atoms with Gasteiger partial charge in [-0.1, -0.05) is 6.92 Å². The smallest absolute Gasteiger partial charge is 0.145 e. The van der Waals surface area contributed by atoms with Crippen molar-refractivity contribution < 1.29 is 0 Å². The quantitative estimate of drug-likeness (QED) is 0.763. The summed E-state index contributed by atoms with van der Waals surface area (Å²) < 4.78 is 0. The highest BCUT2D eigenvalue weighted by molar-refractivity contribution is 5.34. The Hall–Kier alpha value is -1.56. The molecule has 80 valence electrons. The van der Waals surface area contributed by atoms with Crippen molar-refractivity contribution in [1.82, 2.24) is 9.97 Å². The van der Waals surface area contributed by atoms with Crippen LogP contribution in [0.5, 0.6) is 0 Å². The van der Waals surface area contributed by atoms with E-state index >= 15 is 0 Å². The first-order valence-electron chi connectivity index (χ1n) is 5.17. The minimum atomic E-state index is 0.284. The van der Waals surface area contributed by atoms with Crippen LogP contribution in [0.1, 0.15) is 31.2 Å². The van der Waals surface area contributed by atoms with Crippen LogP contribution in [0.15, 0.2) is 6.20 Å². The number of nitrogens with one attached hydrogen (secondary N) is 1. The zero-order valence-electron chi connectivity index (χ0n) is 9.54. The van der Waals surface area contributed by atoms with E-state index < -0.39 is 0 Å². The number of hydrogen-bond acceptors (Lipinski definition) is 3. The largest absolute Gasteiger partial charge is 0.365 e. The van der Waals surface area contributed by atoms with Gasteiger partial charge in [-0.05, 0) is 20.3 Å². The molecule has 1 aromatic rings. The lowest BCUT2D eigenvalue weighted by molar-refractivity contribution is 0.710. The van der Waals surface area contributed by atoms with Crippen molar-refractivity contribution in [2.75, 3.05) is 5.32 Å². The molecule has 1 heterocycles. The van der Waals surface area contributed by atoms with E-state index in [0.717, 1.165) is 23.6 Å². The zero-order valence-corrected chi connectivity index (χ0v) is 9.54. The summed E-state index contributed by atoms with van der Waals surface area (Å²) in [7, 11) is 0. The van der Waals surface area contributed by atoms with E-state index in [-0.39, 0.29) is 6.04 Å². The molecular formula is C12H17N3. The van der Waals surface area contributed by atoms with Crippen LogP contribution in [-0.4, -0.2) is 16.0 Å². The molecule has 0 aromatic carbocycles. The Morgan fingerprint density at radius 3 is 2.73 bits per heavy atom. The van der Waals surface area contributed by atoms with E-state index in [9.17, 15) is 0 Å². The maximum Gasteiger partial charge on any atom is 0.145 e. The van der Waals surface area contributed by atoms with Crippen molar-refractivity contribution in [2.45, 2.75) is 39.7 Å². The minimum Gasteiger partial charge on any atom is -0.365 e. The standard InChI is InChI=1S/C12H17N3/c1-5-7-11(6-2)15-12-8-13-9(3)10(4)14-12/h1,8,11H,6-7H2,2-4H3,(H,14,15). The van der Waals surface area contributed by atoms with Gasteiger partial charge in [0.05, 0.1) is 17.6 Å². The molecule has 1 rings (SSSR count). The van der Waals surface area contributed by atoms with Gasteiger partial charge in [-0.2, -0.15) is 0 Å². The van der Waals surface area contributed by atoms with E-state index in [1.54, 1.807) is 6.20 Å². The minimum absolute atomic E-state index is 0.284. The summed E-state index contributed by atoms with van der Waals surface area (Å²) in [5.41, 5.74) is 1.92. The Morgan fingerprint density at radius 1 is 1.47 bits per heavy atom. The lowest BCUT2D eigenvalue weighted by Gasteiger charge is -2.15. The first kappa shape index (κ1) is 11.5. The van der Waals surface area contributed by atoms with E-state index in [1.807, 2.05) is 13.8 Å². The third-order valence-electron chi connectivity index (χ3n) is 2.40. The zero-order chi connectivity index (χ0) is 11.3. The second-order valence-electron chi connectivity index (χ2n) is 3.58. The predicted octanol–water partition coefficient (Wildman–Crippen LogP) is 2.31. The number of anilines is 1. The van der Waals surface area contributed by atoms with Crippen molar-refractivity contribution in [1.29, 1.82) is 0 Å². The van der Waals surface area contributed by atoms with Crippen molar-refractivity contribution in [3.8, 4) is 12.3 Å². The molecule has 1 unspecified atom stereocenters. The fourth-order valence-electron chi connectivity index (χ4n) is 1.26. The maximum absolute atomic E-state index is 5.29. The average molecular weight is 203 g/mol. The number of hydrogen-bond donors (Lipinski definition) is 1. The summed E-state index contributed by atoms with van der Waals surface area (Å²) >= 11 is 0. The molecule has 0 saturated carbocycles. The van der Waals surface area contributed by atoms with Gasteiger partial charge < -0.3 is 5.32 Å². The molecule has 0 saturated heterocycles. The molecule has 1 N–H and O–H groups in total. The summed E-state index contributed by atoms with van der Waals surface area (Å²) in [6.07, 6.45) is 8.74. The summed E-state index contributed by atoms with van der Waals surface area (Å²) in [6.45, 7) is 6.00. The van der Waals surface area contributed by atoms with E-state index in [2.05, 4.69) is 28.1 Å². The molecule has 0 bridgehead atoms. The van der Waals surface area contributed by atoms with Crippen molar-refractivity contribution >= 4 is 5.82 Å². The third kappa shape index (κ3) is 3.25. The molecule has 0 spiro atoms. The predicted molar refractivity (Wildman–Crippen MR) is 62.7 cm³/mol. The van der Waals surface area contributed by atoms with Crippen LogP contribution < -0.4 is 5.32 Å². The molecule has 0 aliphatic heterocycles. The van der Waals surface area contributed by atoms with Gasteiger partial charge in [0.15, 0.2) is 0 Å². The van der Waals surface area contributed by atoms with Crippen LogP contribution in [0.25, 0.3) is 0 Å². The Labute approximate surface area is 91.3 Å². The molecular weight excluding hydrogens is 186 g/mol. The van der Waals surface area contributed by atoms with Gasteiger partial charge in [0, 0.05) is 12.5 Å². The van der Waals surface area contributed by atoms with Crippen LogP contribution in [0.2, 0.25) is 0 Å². The monoisotopic (exact) mass is 203 g/mol. The lowest BCUT2D eigenvalue weighted by Crippen LogP contribution is -2.18. The van der Waals surface area contributed by atoms with Crippen molar-refractivity contribution in [3.63, 3.8) is 0 Å². The second kappa shape index (κ2) is 5.35. The summed E-state index contributed by atoms with van der Waals surface area (Å²) in [5.74, 6) is 3.46. The number of aryl methyl sites for hydroxylation is 2. The summed E-state index contributed by atoms with van der Waals surface area (Å²) in [4.78, 5) is 8.65. The third-order valence-corrected chi connectivity index (χ3v) is 2.40. The van der Waals surface area contributed by atoms with Crippen molar-refractivity contribution in [3.05, 3.63) is 17.6 Å². The number of aromatic nitrogens is 2. The Bertz CT molecular complexity index is 366. The fraction of sp³-hybridized carbons (Fsp3) is 0.500. The highest BCUT2D eigenvalue weighted by atomic mass is 15.0. The molecule has 15 heavy (non-hydrogen) atoms. The van der Waals surface area contributed by atoms with E-state index in [4.69, 9.17) is 6.42 Å². The average Bonchev–Trinajstić information content (AvgIpc) is 2.23. The Morgan fingerprint density at radius 2 is 2.20 bits per heavy atom. The number of terminal acetylenes is 1. The molecule has 1 aromatic heterocycles. The van der Waals surface area contributed by atoms with E-state index in [0.29, 0.717) is 6.42 Å². The summed E-state index contributed by atoms with van der Waals surface area (Å²) in [5, 5.41) is 3.28. The molecule has 3 heteroatoms. The van der Waals surface area contributed by atoms with Crippen LogP contribution in [-0.2, 0) is 0 Å². The first-order chi connectivity index (χ1) is 7.17. The SMILES string of the molecule is C#CCC(CC)Nc1cnc(C)c(C)n1. The van der Waals surface area contributed by atoms with Crippen molar-refractivity contribution in [2.24, 2.45) is 0 Å². The molecule has 1 atom stereocenters. The van der Waals surface area contributed by atoms with Gasteiger partial charge in [0.2, 0.25) is 0 Å². The number of nitrogens with zero attached hydrogens (tertiary/aromatic N) is 2. The van der Waals surface area contributed by atoms with Crippen LogP contribution >= 0.6 is 0 Å². The molecule has 0 aliphatic rings. The highest BCUT2D eigenvalue weighted by Gasteiger charge is 2.06. The normalized spacial score (nSPS) is 11.9. The molecule has 0 amide bonds. The topological polar surface area (TPSA) is 37.8 Å². The Balaban J connectivity index is 2.71. The van der Waals surface area contributed by atoms with Gasteiger partial charge in [-0.15, -0.1) is 12.3 Å². The van der Waals surface area contributed by atoms with Crippen LogP contribution in [0.4, 0.5) is 5.82 Å². The van der Waals surface area contributed by atoms with Gasteiger partial charge in [-0.3, -0.25) is 4.98 Å². The molecule has 0 fully saturated rings.